The van der Waals surface area contributed by atoms with Gasteiger partial charge in [-0.3, -0.25) is 9.08 Å². The van der Waals surface area contributed by atoms with Crippen LogP contribution in [0, 0.1) is 18.7 Å². The number of carboxylic acid groups (broad SMARTS) is 1. The van der Waals surface area contributed by atoms with Gasteiger partial charge < -0.3 is 20.5 Å². The second kappa shape index (κ2) is 8.51. The van der Waals surface area contributed by atoms with Crippen LogP contribution in [0.4, 0.5) is 15.1 Å². The molecule has 6 rings (SSSR count). The highest BCUT2D eigenvalue weighted by Crippen LogP contribution is 2.41. The Hall–Kier alpha value is -4.15. The number of hydrogen-bond donors (Lipinski definition) is 3. The molecule has 0 radical (unpaired) electrons. The minimum Gasteiger partial charge on any atom is -0.493 e. The Balaban J connectivity index is 1.43. The molecule has 4 heterocycles. The second-order valence-electron chi connectivity index (χ2n) is 9.37. The first-order chi connectivity index (χ1) is 17.4. The summed E-state index contributed by atoms with van der Waals surface area (Å²) in [5, 5.41) is 19.8. The lowest BCUT2D eigenvalue weighted by atomic mass is 10.0. The highest BCUT2D eigenvalue weighted by atomic mass is 19.1. The molecule has 0 bridgehead atoms. The van der Waals surface area contributed by atoms with Crippen molar-refractivity contribution in [3.63, 3.8) is 0 Å². The molecule has 1 aliphatic carbocycles. The van der Waals surface area contributed by atoms with Crippen LogP contribution in [0.5, 0.6) is 5.75 Å². The van der Waals surface area contributed by atoms with E-state index in [4.69, 9.17) is 9.72 Å². The lowest BCUT2D eigenvalue weighted by Gasteiger charge is -2.13. The van der Waals surface area contributed by atoms with Crippen LogP contribution in [-0.2, 0) is 20.0 Å². The van der Waals surface area contributed by atoms with Gasteiger partial charge in [0.1, 0.15) is 11.6 Å². The van der Waals surface area contributed by atoms with E-state index in [1.54, 1.807) is 16.9 Å². The Morgan fingerprint density at radius 2 is 2.19 bits per heavy atom. The number of aromatic nitrogens is 5. The van der Waals surface area contributed by atoms with Crippen LogP contribution in [0.1, 0.15) is 41.4 Å². The number of fused-ring (bicyclic) bond motifs is 2. The summed E-state index contributed by atoms with van der Waals surface area (Å²) in [7, 11) is 1.86. The maximum absolute atomic E-state index is 14.7. The zero-order chi connectivity index (χ0) is 25.0. The molecule has 3 aromatic heterocycles. The quantitative estimate of drug-likeness (QED) is 0.359. The number of nitrogens with one attached hydrogen (secondary N) is 2. The number of nitrogens with zero attached hydrogens (tertiary/aromatic N) is 5. The van der Waals surface area contributed by atoms with Gasteiger partial charge in [0.25, 0.3) is 0 Å². The molecule has 11 heteroatoms. The Labute approximate surface area is 206 Å². The molecular formula is C25H26FN7O3. The number of amides is 1. The molecule has 1 fully saturated rings. The summed E-state index contributed by atoms with van der Waals surface area (Å²) in [6, 6.07) is 4.63. The molecule has 4 aromatic rings. The first kappa shape index (κ1) is 22.3. The van der Waals surface area contributed by atoms with Crippen molar-refractivity contribution in [1.29, 1.82) is 0 Å². The predicted molar refractivity (Wildman–Crippen MR) is 129 cm³/mol. The van der Waals surface area contributed by atoms with Gasteiger partial charge >= 0.3 is 6.09 Å². The predicted octanol–water partition coefficient (Wildman–Crippen LogP) is 3.84. The van der Waals surface area contributed by atoms with Crippen LogP contribution in [0.3, 0.4) is 0 Å². The fraction of sp³-hybridized carbons (Fsp3) is 0.360. The first-order valence-corrected chi connectivity index (χ1v) is 11.9. The van der Waals surface area contributed by atoms with E-state index in [1.165, 1.54) is 6.07 Å². The summed E-state index contributed by atoms with van der Waals surface area (Å²) in [5.74, 6) is 1.10. The van der Waals surface area contributed by atoms with Gasteiger partial charge in [-0.15, -0.1) is 0 Å². The summed E-state index contributed by atoms with van der Waals surface area (Å²) in [5.41, 5.74) is 5.12. The monoisotopic (exact) mass is 491 g/mol. The zero-order valence-corrected chi connectivity index (χ0v) is 20.0. The van der Waals surface area contributed by atoms with E-state index in [0.717, 1.165) is 35.4 Å². The molecule has 3 N–H and O–H groups in total. The molecule has 1 amide bonds. The molecule has 1 saturated carbocycles. The van der Waals surface area contributed by atoms with Crippen LogP contribution in [-0.4, -0.2) is 42.0 Å². The van der Waals surface area contributed by atoms with Crippen molar-refractivity contribution in [2.24, 2.45) is 13.0 Å². The number of hydrogen-bond acceptors (Lipinski definition) is 6. The van der Waals surface area contributed by atoms with Crippen molar-refractivity contribution in [2.45, 2.75) is 38.8 Å². The standard InChI is InChI=1S/C25H26FN7O3/c1-13-9-20(32(2)31-13)17-11-28-24(27-10-16-15-7-8-36-21(15)6-5-18(16)26)33-12-19(29-23(17)33)22(14-3-4-14)30-25(34)35/h5-6,9,11-12,14,22,30H,3-4,7-8,10H2,1-2H3,(H,27,28)(H,34,35). The molecule has 1 atom stereocenters. The SMILES string of the molecule is Cc1cc(-c2cnc(NCc3c(F)ccc4c3CCO4)n3cc(C(NC(=O)O)C4CC4)nc23)n(C)n1. The minimum atomic E-state index is -1.08. The van der Waals surface area contributed by atoms with Crippen molar-refractivity contribution < 1.29 is 19.0 Å². The second-order valence-corrected chi connectivity index (χ2v) is 9.37. The fourth-order valence-corrected chi connectivity index (χ4v) is 4.99. The van der Waals surface area contributed by atoms with Crippen molar-refractivity contribution >= 4 is 17.7 Å². The van der Waals surface area contributed by atoms with Crippen LogP contribution < -0.4 is 15.4 Å². The normalized spacial score (nSPS) is 15.5. The summed E-state index contributed by atoms with van der Waals surface area (Å²) in [4.78, 5) is 21.0. The Bertz CT molecular complexity index is 1490. The van der Waals surface area contributed by atoms with E-state index in [2.05, 4.69) is 20.7 Å². The summed E-state index contributed by atoms with van der Waals surface area (Å²) in [6.45, 7) is 2.67. The zero-order valence-electron chi connectivity index (χ0n) is 20.0. The molecule has 10 nitrogen and oxygen atoms in total. The number of imidazole rings is 1. The van der Waals surface area contributed by atoms with Gasteiger partial charge in [-0.1, -0.05) is 0 Å². The van der Waals surface area contributed by atoms with Crippen LogP contribution >= 0.6 is 0 Å². The van der Waals surface area contributed by atoms with E-state index >= 15 is 0 Å². The molecule has 0 spiro atoms. The van der Waals surface area contributed by atoms with E-state index in [9.17, 15) is 14.3 Å². The van der Waals surface area contributed by atoms with Crippen LogP contribution in [0.2, 0.25) is 0 Å². The average Bonchev–Trinajstić information content (AvgIpc) is 3.23. The van der Waals surface area contributed by atoms with Crippen LogP contribution in [0.25, 0.3) is 16.9 Å². The summed E-state index contributed by atoms with van der Waals surface area (Å²) in [6.07, 6.45) is 4.98. The Morgan fingerprint density at radius 1 is 1.36 bits per heavy atom. The number of ether oxygens (including phenoxy) is 1. The third-order valence-electron chi connectivity index (χ3n) is 6.84. The largest absolute Gasteiger partial charge is 0.493 e. The maximum Gasteiger partial charge on any atom is 0.405 e. The topological polar surface area (TPSA) is 119 Å². The molecule has 2 aliphatic rings. The third kappa shape index (κ3) is 3.90. The average molecular weight is 492 g/mol. The van der Waals surface area contributed by atoms with E-state index in [1.807, 2.05) is 30.6 Å². The number of halogens is 1. The highest BCUT2D eigenvalue weighted by Gasteiger charge is 2.35. The Kier molecular flexibility index (Phi) is 5.27. The van der Waals surface area contributed by atoms with E-state index in [0.29, 0.717) is 41.6 Å². The maximum atomic E-state index is 14.7. The number of aryl methyl sites for hydroxylation is 2. The number of benzene rings is 1. The fourth-order valence-electron chi connectivity index (χ4n) is 4.99. The smallest absolute Gasteiger partial charge is 0.405 e. The van der Waals surface area contributed by atoms with Crippen molar-refractivity contribution in [2.75, 3.05) is 11.9 Å². The van der Waals surface area contributed by atoms with Crippen LogP contribution in [0.15, 0.2) is 30.6 Å². The van der Waals surface area contributed by atoms with E-state index < -0.39 is 12.1 Å². The van der Waals surface area contributed by atoms with Crippen molar-refractivity contribution in [3.8, 4) is 17.0 Å². The van der Waals surface area contributed by atoms with Gasteiger partial charge in [0, 0.05) is 43.5 Å². The van der Waals surface area contributed by atoms with Gasteiger partial charge in [0.05, 0.1) is 35.3 Å². The number of anilines is 1. The van der Waals surface area contributed by atoms with E-state index in [-0.39, 0.29) is 18.3 Å². The molecular weight excluding hydrogens is 465 g/mol. The van der Waals surface area contributed by atoms with Crippen molar-refractivity contribution in [3.05, 3.63) is 58.9 Å². The lowest BCUT2D eigenvalue weighted by Crippen LogP contribution is -2.28. The van der Waals surface area contributed by atoms with Gasteiger partial charge in [0.15, 0.2) is 5.65 Å². The molecule has 0 saturated heterocycles. The molecule has 186 valence electrons. The molecule has 36 heavy (non-hydrogen) atoms. The molecule has 1 aromatic carbocycles. The van der Waals surface area contributed by atoms with Gasteiger partial charge in [-0.25, -0.2) is 19.2 Å². The van der Waals surface area contributed by atoms with Crippen molar-refractivity contribution in [1.82, 2.24) is 29.5 Å². The Morgan fingerprint density at radius 3 is 2.92 bits per heavy atom. The first-order valence-electron chi connectivity index (χ1n) is 11.9. The highest BCUT2D eigenvalue weighted by molar-refractivity contribution is 5.76. The molecule has 1 unspecified atom stereocenters. The minimum absolute atomic E-state index is 0.207. The lowest BCUT2D eigenvalue weighted by molar-refractivity contribution is 0.188. The molecule has 1 aliphatic heterocycles. The van der Waals surface area contributed by atoms with Gasteiger partial charge in [-0.2, -0.15) is 5.10 Å². The number of carbonyl (C=O) groups is 1. The summed E-state index contributed by atoms with van der Waals surface area (Å²) >= 11 is 0. The summed E-state index contributed by atoms with van der Waals surface area (Å²) < 4.78 is 23.9. The number of rotatable bonds is 7. The third-order valence-corrected chi connectivity index (χ3v) is 6.84. The van der Waals surface area contributed by atoms with Gasteiger partial charge in [-0.05, 0) is 43.9 Å². The van der Waals surface area contributed by atoms with Gasteiger partial charge in [0.2, 0.25) is 5.95 Å².